The number of halogens is 1. The molecule has 25 heavy (non-hydrogen) atoms. The summed E-state index contributed by atoms with van der Waals surface area (Å²) < 4.78 is 19.3. The average Bonchev–Trinajstić information content (AvgIpc) is 2.83. The molecule has 2 heterocycles. The molecule has 126 valence electrons. The van der Waals surface area contributed by atoms with E-state index in [-0.39, 0.29) is 17.8 Å². The Bertz CT molecular complexity index is 942. The Labute approximate surface area is 144 Å². The number of aromatic nitrogens is 1. The Morgan fingerprint density at radius 3 is 2.96 bits per heavy atom. The fourth-order valence-electron chi connectivity index (χ4n) is 3.12. The summed E-state index contributed by atoms with van der Waals surface area (Å²) in [6, 6.07) is 15.3. The van der Waals surface area contributed by atoms with Crippen molar-refractivity contribution >= 4 is 16.8 Å². The number of ether oxygens (including phenoxy) is 1. The van der Waals surface area contributed by atoms with Crippen LogP contribution in [0.5, 0.6) is 5.75 Å². The lowest BCUT2D eigenvalue weighted by atomic mass is 10.0. The summed E-state index contributed by atoms with van der Waals surface area (Å²) in [4.78, 5) is 17.1. The van der Waals surface area contributed by atoms with Crippen LogP contribution >= 0.6 is 0 Å². The molecule has 0 spiro atoms. The van der Waals surface area contributed by atoms with Gasteiger partial charge < -0.3 is 10.1 Å². The van der Waals surface area contributed by atoms with Crippen LogP contribution in [-0.2, 0) is 0 Å². The SMILES string of the molecule is O=C(N[C@H]1CCCOc2ccc(F)cc21)c1ccc2ccccc2n1. The third-order valence-corrected chi connectivity index (χ3v) is 4.38. The van der Waals surface area contributed by atoms with Gasteiger partial charge in [0.25, 0.3) is 5.91 Å². The lowest BCUT2D eigenvalue weighted by Gasteiger charge is -2.18. The molecule has 0 radical (unpaired) electrons. The normalized spacial score (nSPS) is 16.6. The zero-order valence-electron chi connectivity index (χ0n) is 13.5. The molecule has 5 heteroatoms. The van der Waals surface area contributed by atoms with Crippen molar-refractivity contribution < 1.29 is 13.9 Å². The van der Waals surface area contributed by atoms with Crippen LogP contribution in [0.1, 0.15) is 34.9 Å². The quantitative estimate of drug-likeness (QED) is 0.769. The van der Waals surface area contributed by atoms with Crippen LogP contribution in [0, 0.1) is 5.82 Å². The molecule has 1 aromatic heterocycles. The molecule has 0 fully saturated rings. The zero-order valence-corrected chi connectivity index (χ0v) is 13.5. The number of hydrogen-bond donors (Lipinski definition) is 1. The van der Waals surface area contributed by atoms with Gasteiger partial charge in [-0.1, -0.05) is 24.3 Å². The maximum Gasteiger partial charge on any atom is 0.270 e. The van der Waals surface area contributed by atoms with Crippen molar-refractivity contribution in [3.05, 3.63) is 71.7 Å². The second kappa shape index (κ2) is 6.51. The van der Waals surface area contributed by atoms with Crippen LogP contribution in [0.25, 0.3) is 10.9 Å². The minimum absolute atomic E-state index is 0.270. The largest absolute Gasteiger partial charge is 0.493 e. The lowest BCUT2D eigenvalue weighted by Crippen LogP contribution is -2.29. The fraction of sp³-hybridized carbons (Fsp3) is 0.200. The number of hydrogen-bond acceptors (Lipinski definition) is 3. The van der Waals surface area contributed by atoms with Crippen LogP contribution in [0.4, 0.5) is 4.39 Å². The average molecular weight is 336 g/mol. The van der Waals surface area contributed by atoms with Crippen molar-refractivity contribution in [3.63, 3.8) is 0 Å². The predicted molar refractivity (Wildman–Crippen MR) is 93.1 cm³/mol. The smallest absolute Gasteiger partial charge is 0.270 e. The number of nitrogens with one attached hydrogen (secondary N) is 1. The van der Waals surface area contributed by atoms with Gasteiger partial charge in [-0.05, 0) is 43.2 Å². The van der Waals surface area contributed by atoms with Gasteiger partial charge in [-0.15, -0.1) is 0 Å². The van der Waals surface area contributed by atoms with E-state index in [0.717, 1.165) is 17.3 Å². The van der Waals surface area contributed by atoms with E-state index in [4.69, 9.17) is 4.74 Å². The van der Waals surface area contributed by atoms with Crippen molar-refractivity contribution in [1.82, 2.24) is 10.3 Å². The van der Waals surface area contributed by atoms with E-state index in [1.54, 1.807) is 12.1 Å². The third-order valence-electron chi connectivity index (χ3n) is 4.38. The van der Waals surface area contributed by atoms with Crippen LogP contribution in [0.15, 0.2) is 54.6 Å². The molecule has 1 atom stereocenters. The summed E-state index contributed by atoms with van der Waals surface area (Å²) in [5.41, 5.74) is 1.79. The van der Waals surface area contributed by atoms with Crippen molar-refractivity contribution in [3.8, 4) is 5.75 Å². The number of para-hydroxylation sites is 1. The Morgan fingerprint density at radius 1 is 1.16 bits per heavy atom. The first-order valence-electron chi connectivity index (χ1n) is 8.29. The molecule has 1 N–H and O–H groups in total. The number of carbonyl (C=O) groups excluding carboxylic acids is 1. The molecule has 0 bridgehead atoms. The molecule has 1 amide bonds. The third kappa shape index (κ3) is 3.18. The first-order valence-corrected chi connectivity index (χ1v) is 8.29. The number of carbonyl (C=O) groups is 1. The van der Waals surface area contributed by atoms with E-state index < -0.39 is 0 Å². The maximum absolute atomic E-state index is 13.7. The van der Waals surface area contributed by atoms with Gasteiger partial charge in [-0.3, -0.25) is 4.79 Å². The van der Waals surface area contributed by atoms with Crippen LogP contribution in [0.2, 0.25) is 0 Å². The van der Waals surface area contributed by atoms with Gasteiger partial charge in [0.1, 0.15) is 17.3 Å². The molecular weight excluding hydrogens is 319 g/mol. The molecule has 1 aliphatic heterocycles. The monoisotopic (exact) mass is 336 g/mol. The second-order valence-corrected chi connectivity index (χ2v) is 6.09. The maximum atomic E-state index is 13.7. The Morgan fingerprint density at radius 2 is 2.04 bits per heavy atom. The molecule has 0 saturated carbocycles. The van der Waals surface area contributed by atoms with Gasteiger partial charge in [0.05, 0.1) is 18.2 Å². The number of rotatable bonds is 2. The fourth-order valence-corrected chi connectivity index (χ4v) is 3.12. The summed E-state index contributed by atoms with van der Waals surface area (Å²) in [6.45, 7) is 0.555. The minimum Gasteiger partial charge on any atom is -0.493 e. The number of amides is 1. The van der Waals surface area contributed by atoms with Crippen LogP contribution in [0.3, 0.4) is 0 Å². The lowest BCUT2D eigenvalue weighted by molar-refractivity contribution is 0.0930. The summed E-state index contributed by atoms with van der Waals surface area (Å²) >= 11 is 0. The number of pyridine rings is 1. The van der Waals surface area contributed by atoms with E-state index in [1.165, 1.54) is 12.1 Å². The number of fused-ring (bicyclic) bond motifs is 2. The molecule has 3 aromatic rings. The van der Waals surface area contributed by atoms with Gasteiger partial charge in [0, 0.05) is 10.9 Å². The highest BCUT2D eigenvalue weighted by atomic mass is 19.1. The van der Waals surface area contributed by atoms with Gasteiger partial charge in [-0.25, -0.2) is 9.37 Å². The van der Waals surface area contributed by atoms with E-state index in [9.17, 15) is 9.18 Å². The Balaban J connectivity index is 1.62. The Kier molecular flexibility index (Phi) is 4.06. The van der Waals surface area contributed by atoms with Gasteiger partial charge in [-0.2, -0.15) is 0 Å². The molecule has 2 aromatic carbocycles. The highest BCUT2D eigenvalue weighted by Crippen LogP contribution is 2.32. The molecular formula is C20H17FN2O2. The van der Waals surface area contributed by atoms with Gasteiger partial charge in [0.15, 0.2) is 0 Å². The topological polar surface area (TPSA) is 51.2 Å². The molecule has 0 aliphatic carbocycles. The van der Waals surface area contributed by atoms with Crippen molar-refractivity contribution in [2.45, 2.75) is 18.9 Å². The van der Waals surface area contributed by atoms with E-state index in [2.05, 4.69) is 10.3 Å². The first-order chi connectivity index (χ1) is 12.2. The summed E-state index contributed by atoms with van der Waals surface area (Å²) in [5, 5.41) is 3.96. The molecule has 0 saturated heterocycles. The first kappa shape index (κ1) is 15.6. The van der Waals surface area contributed by atoms with Gasteiger partial charge in [0.2, 0.25) is 0 Å². The van der Waals surface area contributed by atoms with Crippen molar-refractivity contribution in [1.29, 1.82) is 0 Å². The summed E-state index contributed by atoms with van der Waals surface area (Å²) in [7, 11) is 0. The molecule has 1 aliphatic rings. The molecule has 4 nitrogen and oxygen atoms in total. The standard InChI is InChI=1S/C20H17FN2O2/c21-14-8-10-19-15(12-14)17(6-3-11-25-19)23-20(24)18-9-7-13-4-1-2-5-16(13)22-18/h1-2,4-5,7-10,12,17H,3,6,11H2,(H,23,24)/t17-/m0/s1. The van der Waals surface area contributed by atoms with Crippen LogP contribution < -0.4 is 10.1 Å². The summed E-state index contributed by atoms with van der Waals surface area (Å²) in [6.07, 6.45) is 1.47. The number of benzene rings is 2. The predicted octanol–water partition coefficient (Wildman–Crippen LogP) is 4.02. The second-order valence-electron chi connectivity index (χ2n) is 6.09. The van der Waals surface area contributed by atoms with Gasteiger partial charge >= 0.3 is 0 Å². The number of nitrogens with zero attached hydrogens (tertiary/aromatic N) is 1. The van der Waals surface area contributed by atoms with Crippen LogP contribution in [-0.4, -0.2) is 17.5 Å². The molecule has 0 unspecified atom stereocenters. The highest BCUT2D eigenvalue weighted by Gasteiger charge is 2.23. The Hall–Kier alpha value is -2.95. The minimum atomic E-state index is -0.340. The van der Waals surface area contributed by atoms with Crippen molar-refractivity contribution in [2.75, 3.05) is 6.61 Å². The zero-order chi connectivity index (χ0) is 17.2. The van der Waals surface area contributed by atoms with E-state index in [1.807, 2.05) is 30.3 Å². The molecule has 4 rings (SSSR count). The van der Waals surface area contributed by atoms with Crippen molar-refractivity contribution in [2.24, 2.45) is 0 Å². The summed E-state index contributed by atoms with van der Waals surface area (Å²) in [5.74, 6) is 0.0101. The van der Waals surface area contributed by atoms with E-state index >= 15 is 0 Å². The highest BCUT2D eigenvalue weighted by molar-refractivity contribution is 5.95. The van der Waals surface area contributed by atoms with E-state index in [0.29, 0.717) is 30.0 Å².